The molecule has 1 amide bonds. The largest absolute Gasteiger partial charge is 0.478 e. The molecule has 0 fully saturated rings. The van der Waals surface area contributed by atoms with E-state index in [1.54, 1.807) is 0 Å². The van der Waals surface area contributed by atoms with Crippen LogP contribution in [0.5, 0.6) is 5.88 Å². The molecule has 1 aromatic heterocycles. The van der Waals surface area contributed by atoms with Crippen molar-refractivity contribution in [1.82, 2.24) is 15.1 Å². The van der Waals surface area contributed by atoms with Crippen LogP contribution in [0.2, 0.25) is 0 Å². The summed E-state index contributed by atoms with van der Waals surface area (Å²) in [6.45, 7) is 2.08. The molecule has 0 saturated heterocycles. The van der Waals surface area contributed by atoms with Crippen molar-refractivity contribution < 1.29 is 9.53 Å². The van der Waals surface area contributed by atoms with Gasteiger partial charge in [0, 0.05) is 19.0 Å². The topological polar surface area (TPSA) is 56.2 Å². The Labute approximate surface area is 135 Å². The fourth-order valence-electron chi connectivity index (χ4n) is 3.38. The molecule has 2 heterocycles. The molecule has 120 valence electrons. The summed E-state index contributed by atoms with van der Waals surface area (Å²) in [6.07, 6.45) is 4.97. The number of benzene rings is 1. The molecule has 0 spiro atoms. The number of fused-ring (bicyclic) bond motifs is 2. The van der Waals surface area contributed by atoms with Gasteiger partial charge < -0.3 is 10.1 Å². The first-order valence-corrected chi connectivity index (χ1v) is 8.35. The number of aromatic nitrogens is 2. The number of aryl methyl sites for hydroxylation is 3. The average Bonchev–Trinajstić information content (AvgIpc) is 3.18. The molecule has 5 nitrogen and oxygen atoms in total. The van der Waals surface area contributed by atoms with Gasteiger partial charge in [0.25, 0.3) is 0 Å². The zero-order valence-corrected chi connectivity index (χ0v) is 13.2. The molecule has 1 aliphatic heterocycles. The molecule has 1 aliphatic carbocycles. The van der Waals surface area contributed by atoms with E-state index in [0.717, 1.165) is 43.1 Å². The highest BCUT2D eigenvalue weighted by Crippen LogP contribution is 2.23. The third-order valence-electron chi connectivity index (χ3n) is 4.55. The predicted molar refractivity (Wildman–Crippen MR) is 86.4 cm³/mol. The maximum absolute atomic E-state index is 12.2. The van der Waals surface area contributed by atoms with Crippen LogP contribution < -0.4 is 10.1 Å². The smallest absolute Gasteiger partial charge is 0.224 e. The Morgan fingerprint density at radius 1 is 1.22 bits per heavy atom. The maximum atomic E-state index is 12.2. The standard InChI is InChI=1S/C18H21N3O2/c22-17(10-13-5-6-14-3-1-4-15(14)9-13)19-12-16-11-18-21(20-16)7-2-8-23-18/h5-6,9,11H,1-4,7-8,10,12H2,(H,19,22). The zero-order chi connectivity index (χ0) is 15.6. The molecule has 2 aromatic rings. The van der Waals surface area contributed by atoms with E-state index < -0.39 is 0 Å². The number of nitrogens with one attached hydrogen (secondary N) is 1. The second-order valence-electron chi connectivity index (χ2n) is 6.31. The number of hydrogen-bond donors (Lipinski definition) is 1. The van der Waals surface area contributed by atoms with E-state index in [4.69, 9.17) is 4.74 Å². The van der Waals surface area contributed by atoms with Crippen LogP contribution in [0.15, 0.2) is 24.3 Å². The van der Waals surface area contributed by atoms with E-state index in [1.165, 1.54) is 24.0 Å². The van der Waals surface area contributed by atoms with Crippen molar-refractivity contribution in [3.05, 3.63) is 46.6 Å². The van der Waals surface area contributed by atoms with Crippen molar-refractivity contribution in [3.63, 3.8) is 0 Å². The highest BCUT2D eigenvalue weighted by atomic mass is 16.5. The van der Waals surface area contributed by atoms with E-state index in [0.29, 0.717) is 13.0 Å². The van der Waals surface area contributed by atoms with Crippen LogP contribution in [0.3, 0.4) is 0 Å². The van der Waals surface area contributed by atoms with Crippen molar-refractivity contribution in [3.8, 4) is 5.88 Å². The van der Waals surface area contributed by atoms with Crippen molar-refractivity contribution in [2.75, 3.05) is 6.61 Å². The summed E-state index contributed by atoms with van der Waals surface area (Å²) in [6, 6.07) is 8.35. The summed E-state index contributed by atoms with van der Waals surface area (Å²) in [7, 11) is 0. The Bertz CT molecular complexity index is 712. The van der Waals surface area contributed by atoms with Gasteiger partial charge in [-0.2, -0.15) is 5.10 Å². The normalized spacial score (nSPS) is 15.7. The van der Waals surface area contributed by atoms with Gasteiger partial charge in [0.1, 0.15) is 0 Å². The zero-order valence-electron chi connectivity index (χ0n) is 13.2. The van der Waals surface area contributed by atoms with Gasteiger partial charge in [0.05, 0.1) is 25.3 Å². The van der Waals surface area contributed by atoms with Crippen molar-refractivity contribution in [1.29, 1.82) is 0 Å². The second-order valence-corrected chi connectivity index (χ2v) is 6.31. The van der Waals surface area contributed by atoms with E-state index in [9.17, 15) is 4.79 Å². The maximum Gasteiger partial charge on any atom is 0.224 e. The number of rotatable bonds is 4. The minimum absolute atomic E-state index is 0.0369. The monoisotopic (exact) mass is 311 g/mol. The second kappa shape index (κ2) is 6.07. The van der Waals surface area contributed by atoms with Gasteiger partial charge in [0.2, 0.25) is 11.8 Å². The Balaban J connectivity index is 1.34. The van der Waals surface area contributed by atoms with Gasteiger partial charge in [-0.3, -0.25) is 4.79 Å². The van der Waals surface area contributed by atoms with Crippen LogP contribution in [0.25, 0.3) is 0 Å². The molecule has 1 N–H and O–H groups in total. The molecule has 0 unspecified atom stereocenters. The Hall–Kier alpha value is -2.30. The highest BCUT2D eigenvalue weighted by molar-refractivity contribution is 5.78. The first-order valence-electron chi connectivity index (χ1n) is 8.35. The van der Waals surface area contributed by atoms with Gasteiger partial charge in [-0.15, -0.1) is 0 Å². The number of carbonyl (C=O) groups excluding carboxylic acids is 1. The van der Waals surface area contributed by atoms with E-state index in [1.807, 2.05) is 10.7 Å². The van der Waals surface area contributed by atoms with Crippen LogP contribution in [0.4, 0.5) is 0 Å². The quantitative estimate of drug-likeness (QED) is 0.940. The Morgan fingerprint density at radius 2 is 2.13 bits per heavy atom. The third-order valence-corrected chi connectivity index (χ3v) is 4.55. The molecule has 0 atom stereocenters. The molecule has 2 aliphatic rings. The molecule has 0 bridgehead atoms. The van der Waals surface area contributed by atoms with Crippen LogP contribution in [0.1, 0.15) is 35.2 Å². The summed E-state index contributed by atoms with van der Waals surface area (Å²) in [5, 5.41) is 7.41. The number of amides is 1. The molecular weight excluding hydrogens is 290 g/mol. The lowest BCUT2D eigenvalue weighted by molar-refractivity contribution is -0.120. The average molecular weight is 311 g/mol. The fraction of sp³-hybridized carbons (Fsp3) is 0.444. The number of hydrogen-bond acceptors (Lipinski definition) is 3. The highest BCUT2D eigenvalue weighted by Gasteiger charge is 2.15. The van der Waals surface area contributed by atoms with Gasteiger partial charge in [-0.05, 0) is 36.0 Å². The summed E-state index contributed by atoms with van der Waals surface area (Å²) in [4.78, 5) is 12.2. The molecule has 4 rings (SSSR count). The number of nitrogens with zero attached hydrogens (tertiary/aromatic N) is 2. The first-order chi connectivity index (χ1) is 11.3. The minimum atomic E-state index is 0.0369. The lowest BCUT2D eigenvalue weighted by Gasteiger charge is -2.13. The van der Waals surface area contributed by atoms with Gasteiger partial charge >= 0.3 is 0 Å². The molecule has 0 radical (unpaired) electrons. The van der Waals surface area contributed by atoms with Crippen LogP contribution in [-0.2, 0) is 37.1 Å². The number of ether oxygens (including phenoxy) is 1. The van der Waals surface area contributed by atoms with Crippen molar-refractivity contribution in [2.24, 2.45) is 0 Å². The van der Waals surface area contributed by atoms with E-state index in [2.05, 4.69) is 28.6 Å². The SMILES string of the molecule is O=C(Cc1ccc2c(c1)CCC2)NCc1cc2n(n1)CCCO2. The molecule has 1 aromatic carbocycles. The van der Waals surface area contributed by atoms with Crippen molar-refractivity contribution in [2.45, 2.75) is 45.2 Å². The van der Waals surface area contributed by atoms with Crippen LogP contribution in [0, 0.1) is 0 Å². The van der Waals surface area contributed by atoms with E-state index in [-0.39, 0.29) is 5.91 Å². The fourth-order valence-corrected chi connectivity index (χ4v) is 3.38. The Morgan fingerprint density at radius 3 is 3.04 bits per heavy atom. The Kier molecular flexibility index (Phi) is 3.77. The van der Waals surface area contributed by atoms with Gasteiger partial charge in [0.15, 0.2) is 0 Å². The minimum Gasteiger partial charge on any atom is -0.478 e. The lowest BCUT2D eigenvalue weighted by Crippen LogP contribution is -2.25. The molecule has 23 heavy (non-hydrogen) atoms. The summed E-state index contributed by atoms with van der Waals surface area (Å²) < 4.78 is 7.40. The summed E-state index contributed by atoms with van der Waals surface area (Å²) in [5.74, 6) is 0.842. The molecular formula is C18H21N3O2. The lowest BCUT2D eigenvalue weighted by atomic mass is 10.0. The van der Waals surface area contributed by atoms with Crippen LogP contribution >= 0.6 is 0 Å². The van der Waals surface area contributed by atoms with Crippen LogP contribution in [-0.4, -0.2) is 22.3 Å². The number of carbonyl (C=O) groups is 1. The summed E-state index contributed by atoms with van der Waals surface area (Å²) >= 11 is 0. The molecule has 0 saturated carbocycles. The first kappa shape index (κ1) is 14.3. The predicted octanol–water partition coefficient (Wildman–Crippen LogP) is 2.01. The third kappa shape index (κ3) is 3.09. The molecule has 5 heteroatoms. The van der Waals surface area contributed by atoms with Gasteiger partial charge in [-0.1, -0.05) is 18.2 Å². The summed E-state index contributed by atoms with van der Waals surface area (Å²) in [5.41, 5.74) is 4.80. The van der Waals surface area contributed by atoms with Gasteiger partial charge in [-0.25, -0.2) is 4.68 Å². The van der Waals surface area contributed by atoms with Crippen molar-refractivity contribution >= 4 is 5.91 Å². The van der Waals surface area contributed by atoms with E-state index >= 15 is 0 Å².